The van der Waals surface area contributed by atoms with Crippen molar-refractivity contribution in [1.29, 1.82) is 0 Å². The summed E-state index contributed by atoms with van der Waals surface area (Å²) in [5, 5.41) is 11.9. The van der Waals surface area contributed by atoms with Crippen molar-refractivity contribution in [3.8, 4) is 11.4 Å². The van der Waals surface area contributed by atoms with Crippen LogP contribution in [0, 0.1) is 5.82 Å². The number of hydrogen-bond donors (Lipinski definition) is 1. The lowest BCUT2D eigenvalue weighted by Crippen LogP contribution is -2.24. The molecule has 2 aliphatic rings. The summed E-state index contributed by atoms with van der Waals surface area (Å²) in [6, 6.07) is 9.41. The highest BCUT2D eigenvalue weighted by molar-refractivity contribution is 6.06. The molecule has 36 heavy (non-hydrogen) atoms. The van der Waals surface area contributed by atoms with E-state index in [9.17, 15) is 14.0 Å². The van der Waals surface area contributed by atoms with Crippen molar-refractivity contribution >= 4 is 22.5 Å². The van der Waals surface area contributed by atoms with Crippen LogP contribution in [0.5, 0.6) is 0 Å². The fourth-order valence-electron chi connectivity index (χ4n) is 5.22. The van der Waals surface area contributed by atoms with E-state index >= 15 is 0 Å². The number of aryl methyl sites for hydroxylation is 2. The Morgan fingerprint density at radius 3 is 2.47 bits per heavy atom. The second-order valence-electron chi connectivity index (χ2n) is 9.58. The number of halogens is 1. The molecule has 4 aromatic rings. The number of anilines is 1. The van der Waals surface area contributed by atoms with Gasteiger partial charge in [-0.2, -0.15) is 0 Å². The quantitative estimate of drug-likeness (QED) is 0.460. The van der Waals surface area contributed by atoms with E-state index in [0.717, 1.165) is 69.6 Å². The zero-order valence-electron chi connectivity index (χ0n) is 20.0. The first-order valence-corrected chi connectivity index (χ1v) is 12.7. The molecule has 0 fully saturated rings. The zero-order valence-corrected chi connectivity index (χ0v) is 20.0. The molecule has 0 radical (unpaired) electrons. The topological polar surface area (TPSA) is 94.7 Å². The van der Waals surface area contributed by atoms with Crippen molar-refractivity contribution < 1.29 is 9.18 Å². The SMILES string of the molecule is O=C(Nc1ccc(F)c(-c2nnc3n2CCCCC3)c1)c1ccc2c(=O)n3c(nc2c1)CCCCC3. The third-order valence-electron chi connectivity index (χ3n) is 7.15. The highest BCUT2D eigenvalue weighted by Crippen LogP contribution is 2.28. The molecule has 1 N–H and O–H groups in total. The summed E-state index contributed by atoms with van der Waals surface area (Å²) in [6.07, 6.45) is 7.78. The minimum absolute atomic E-state index is 0.0560. The van der Waals surface area contributed by atoms with Gasteiger partial charge < -0.3 is 9.88 Å². The van der Waals surface area contributed by atoms with Crippen molar-refractivity contribution in [3.63, 3.8) is 0 Å². The lowest BCUT2D eigenvalue weighted by molar-refractivity contribution is 0.102. The van der Waals surface area contributed by atoms with Crippen LogP contribution in [0.25, 0.3) is 22.3 Å². The standard InChI is InChI=1S/C27H27FN6O2/c28-21-12-10-18(16-20(21)25-32-31-24-8-4-2-5-13-33(24)25)29-26(35)17-9-11-19-22(15-17)30-23-7-3-1-6-14-34(23)27(19)36/h9-12,15-16H,1-8,13-14H2,(H,29,35). The Hall–Kier alpha value is -3.88. The second kappa shape index (κ2) is 9.29. The van der Waals surface area contributed by atoms with Gasteiger partial charge in [0, 0.05) is 37.2 Å². The molecule has 2 aromatic heterocycles. The maximum atomic E-state index is 14.8. The minimum Gasteiger partial charge on any atom is -0.322 e. The average molecular weight is 487 g/mol. The molecule has 0 spiro atoms. The number of fused-ring (bicyclic) bond motifs is 3. The van der Waals surface area contributed by atoms with E-state index in [4.69, 9.17) is 4.98 Å². The number of nitrogens with one attached hydrogen (secondary N) is 1. The van der Waals surface area contributed by atoms with E-state index in [0.29, 0.717) is 40.1 Å². The van der Waals surface area contributed by atoms with E-state index in [1.165, 1.54) is 12.1 Å². The van der Waals surface area contributed by atoms with Gasteiger partial charge in [-0.25, -0.2) is 9.37 Å². The Morgan fingerprint density at radius 1 is 0.861 bits per heavy atom. The van der Waals surface area contributed by atoms with E-state index < -0.39 is 5.82 Å². The van der Waals surface area contributed by atoms with Crippen LogP contribution in [0.4, 0.5) is 10.1 Å². The van der Waals surface area contributed by atoms with Crippen LogP contribution >= 0.6 is 0 Å². The maximum Gasteiger partial charge on any atom is 0.261 e. The van der Waals surface area contributed by atoms with Gasteiger partial charge in [-0.1, -0.05) is 12.8 Å². The Balaban J connectivity index is 1.30. The molecule has 2 aromatic carbocycles. The lowest BCUT2D eigenvalue weighted by Gasteiger charge is -2.12. The van der Waals surface area contributed by atoms with Crippen LogP contribution in [-0.4, -0.2) is 30.2 Å². The predicted molar refractivity (Wildman–Crippen MR) is 134 cm³/mol. The molecule has 0 atom stereocenters. The predicted octanol–water partition coefficient (Wildman–Crippen LogP) is 4.50. The summed E-state index contributed by atoms with van der Waals surface area (Å²) in [6.45, 7) is 1.43. The summed E-state index contributed by atoms with van der Waals surface area (Å²) in [5.74, 6) is 1.36. The number of hydrogen-bond acceptors (Lipinski definition) is 5. The molecule has 8 nitrogen and oxygen atoms in total. The summed E-state index contributed by atoms with van der Waals surface area (Å²) in [4.78, 5) is 30.8. The minimum atomic E-state index is -0.413. The number of rotatable bonds is 3. The van der Waals surface area contributed by atoms with Crippen LogP contribution in [0.15, 0.2) is 41.2 Å². The average Bonchev–Trinajstić information content (AvgIpc) is 3.04. The maximum absolute atomic E-state index is 14.8. The van der Waals surface area contributed by atoms with Crippen molar-refractivity contribution in [2.75, 3.05) is 5.32 Å². The smallest absolute Gasteiger partial charge is 0.261 e. The van der Waals surface area contributed by atoms with Crippen molar-refractivity contribution in [1.82, 2.24) is 24.3 Å². The lowest BCUT2D eigenvalue weighted by atomic mass is 10.1. The van der Waals surface area contributed by atoms with Gasteiger partial charge in [0.2, 0.25) is 0 Å². The van der Waals surface area contributed by atoms with Crippen LogP contribution in [0.1, 0.15) is 60.5 Å². The van der Waals surface area contributed by atoms with Crippen LogP contribution < -0.4 is 10.9 Å². The highest BCUT2D eigenvalue weighted by atomic mass is 19.1. The van der Waals surface area contributed by atoms with Gasteiger partial charge in [-0.05, 0) is 62.1 Å². The monoisotopic (exact) mass is 486 g/mol. The summed E-state index contributed by atoms with van der Waals surface area (Å²) >= 11 is 0. The molecule has 2 aliphatic heterocycles. The Bertz CT molecular complexity index is 1540. The van der Waals surface area contributed by atoms with Gasteiger partial charge in [0.25, 0.3) is 11.5 Å². The van der Waals surface area contributed by atoms with Gasteiger partial charge >= 0.3 is 0 Å². The number of carbonyl (C=O) groups is 1. The Morgan fingerprint density at radius 2 is 1.64 bits per heavy atom. The first kappa shape index (κ1) is 22.6. The van der Waals surface area contributed by atoms with Crippen LogP contribution in [0.2, 0.25) is 0 Å². The van der Waals surface area contributed by atoms with Crippen molar-refractivity contribution in [2.24, 2.45) is 0 Å². The first-order valence-electron chi connectivity index (χ1n) is 12.7. The van der Waals surface area contributed by atoms with Gasteiger partial charge in [-0.3, -0.25) is 14.2 Å². The molecule has 6 rings (SSSR count). The zero-order chi connectivity index (χ0) is 24.6. The molecule has 1 amide bonds. The second-order valence-corrected chi connectivity index (χ2v) is 9.58. The van der Waals surface area contributed by atoms with Crippen LogP contribution in [-0.2, 0) is 25.9 Å². The number of benzene rings is 2. The molecule has 184 valence electrons. The normalized spacial score (nSPS) is 15.6. The molecular formula is C27H27FN6O2. The van der Waals surface area contributed by atoms with Crippen molar-refractivity contribution in [3.05, 3.63) is 69.8 Å². The third kappa shape index (κ3) is 4.08. The summed E-state index contributed by atoms with van der Waals surface area (Å²) in [5.41, 5.74) is 1.61. The van der Waals surface area contributed by atoms with E-state index in [-0.39, 0.29) is 11.5 Å². The molecular weight excluding hydrogens is 459 g/mol. The number of nitrogens with zero attached hydrogens (tertiary/aromatic N) is 5. The van der Waals surface area contributed by atoms with E-state index in [1.807, 2.05) is 4.57 Å². The molecule has 0 aliphatic carbocycles. The molecule has 0 unspecified atom stereocenters. The van der Waals surface area contributed by atoms with E-state index in [1.54, 1.807) is 28.8 Å². The van der Waals surface area contributed by atoms with Crippen LogP contribution in [0.3, 0.4) is 0 Å². The number of carbonyl (C=O) groups excluding carboxylic acids is 1. The van der Waals surface area contributed by atoms with Gasteiger partial charge in [0.1, 0.15) is 17.5 Å². The largest absolute Gasteiger partial charge is 0.322 e. The first-order chi connectivity index (χ1) is 17.6. The highest BCUT2D eigenvalue weighted by Gasteiger charge is 2.20. The molecule has 0 saturated carbocycles. The van der Waals surface area contributed by atoms with Gasteiger partial charge in [0.05, 0.1) is 16.5 Å². The van der Waals surface area contributed by atoms with Gasteiger partial charge in [0.15, 0.2) is 5.82 Å². The van der Waals surface area contributed by atoms with E-state index in [2.05, 4.69) is 15.5 Å². The summed E-state index contributed by atoms with van der Waals surface area (Å²) in [7, 11) is 0. The van der Waals surface area contributed by atoms with Crippen molar-refractivity contribution in [2.45, 2.75) is 64.5 Å². The Kier molecular flexibility index (Phi) is 5.83. The van der Waals surface area contributed by atoms with Gasteiger partial charge in [-0.15, -0.1) is 10.2 Å². The third-order valence-corrected chi connectivity index (χ3v) is 7.15. The summed E-state index contributed by atoms with van der Waals surface area (Å²) < 4.78 is 18.6. The Labute approximate surface area is 207 Å². The number of aromatic nitrogens is 5. The molecule has 4 heterocycles. The number of amides is 1. The molecule has 0 bridgehead atoms. The molecule has 9 heteroatoms. The fourth-order valence-corrected chi connectivity index (χ4v) is 5.22. The fraction of sp³-hybridized carbons (Fsp3) is 0.370. The molecule has 0 saturated heterocycles.